The number of aromatic amines is 1. The number of fused-ring (bicyclic) bond motifs is 1. The summed E-state index contributed by atoms with van der Waals surface area (Å²) in [5, 5.41) is 10.8. The van der Waals surface area contributed by atoms with Gasteiger partial charge in [0.15, 0.2) is 0 Å². The van der Waals surface area contributed by atoms with E-state index in [1.807, 2.05) is 0 Å². The number of nitrogens with zero attached hydrogens (tertiary/aromatic N) is 2. The number of phenols is 1. The second-order valence-corrected chi connectivity index (χ2v) is 5.04. The van der Waals surface area contributed by atoms with Crippen LogP contribution in [0.25, 0.3) is 10.9 Å². The van der Waals surface area contributed by atoms with Crippen LogP contribution >= 0.6 is 11.6 Å². The molecule has 0 amide bonds. The molecule has 2 N–H and O–H groups in total. The molecule has 21 heavy (non-hydrogen) atoms. The molecule has 106 valence electrons. The molecular weight excluding hydrogens is 290 g/mol. The van der Waals surface area contributed by atoms with Crippen LogP contribution in [-0.2, 0) is 0 Å². The summed E-state index contributed by atoms with van der Waals surface area (Å²) in [6, 6.07) is 11.8. The lowest BCUT2D eigenvalue weighted by Gasteiger charge is -2.19. The Hall–Kier alpha value is -2.53. The fraction of sp³-hybridized carbons (Fsp3) is 0.0667. The van der Waals surface area contributed by atoms with Crippen molar-refractivity contribution >= 4 is 34.1 Å². The van der Waals surface area contributed by atoms with Gasteiger partial charge < -0.3 is 10.0 Å². The molecule has 3 aromatic rings. The van der Waals surface area contributed by atoms with E-state index >= 15 is 0 Å². The second-order valence-electron chi connectivity index (χ2n) is 4.60. The normalized spacial score (nSPS) is 10.8. The summed E-state index contributed by atoms with van der Waals surface area (Å²) in [6.07, 6.45) is 0. The van der Waals surface area contributed by atoms with Crippen molar-refractivity contribution in [3.05, 3.63) is 57.8 Å². The van der Waals surface area contributed by atoms with E-state index in [1.54, 1.807) is 54.4 Å². The summed E-state index contributed by atoms with van der Waals surface area (Å²) in [5.41, 5.74) is 0.814. The van der Waals surface area contributed by atoms with Gasteiger partial charge in [0.05, 0.1) is 16.6 Å². The fourth-order valence-corrected chi connectivity index (χ4v) is 2.29. The molecule has 0 aliphatic carbocycles. The van der Waals surface area contributed by atoms with E-state index in [2.05, 4.69) is 9.97 Å². The average Bonchev–Trinajstić information content (AvgIpc) is 2.47. The van der Waals surface area contributed by atoms with E-state index in [-0.39, 0.29) is 11.3 Å². The van der Waals surface area contributed by atoms with Crippen LogP contribution in [-0.4, -0.2) is 22.1 Å². The lowest BCUT2D eigenvalue weighted by atomic mass is 10.2. The van der Waals surface area contributed by atoms with Gasteiger partial charge in [-0.2, -0.15) is 0 Å². The summed E-state index contributed by atoms with van der Waals surface area (Å²) in [4.78, 5) is 20.8. The van der Waals surface area contributed by atoms with Gasteiger partial charge >= 0.3 is 0 Å². The van der Waals surface area contributed by atoms with Gasteiger partial charge in [-0.15, -0.1) is 0 Å². The molecule has 1 aromatic heterocycles. The Kier molecular flexibility index (Phi) is 3.27. The Bertz CT molecular complexity index is 876. The number of aromatic nitrogens is 2. The number of aromatic hydroxyl groups is 1. The number of para-hydroxylation sites is 2. The third-order valence-corrected chi connectivity index (χ3v) is 3.45. The van der Waals surface area contributed by atoms with Crippen LogP contribution in [0.15, 0.2) is 47.3 Å². The first-order valence-corrected chi connectivity index (χ1v) is 6.65. The van der Waals surface area contributed by atoms with Crippen molar-refractivity contribution in [2.24, 2.45) is 0 Å². The molecule has 6 heteroatoms. The van der Waals surface area contributed by atoms with Gasteiger partial charge in [-0.25, -0.2) is 4.98 Å². The van der Waals surface area contributed by atoms with Gasteiger partial charge in [-0.1, -0.05) is 23.7 Å². The highest BCUT2D eigenvalue weighted by Gasteiger charge is 2.12. The molecular formula is C15H12ClN3O2. The number of hydrogen-bond donors (Lipinski definition) is 2. The minimum absolute atomic E-state index is 0.110. The Morgan fingerprint density at radius 3 is 2.76 bits per heavy atom. The zero-order chi connectivity index (χ0) is 15.0. The van der Waals surface area contributed by atoms with E-state index in [0.29, 0.717) is 27.6 Å². The van der Waals surface area contributed by atoms with Gasteiger partial charge in [0.2, 0.25) is 5.95 Å². The molecule has 0 unspecified atom stereocenters. The van der Waals surface area contributed by atoms with Crippen molar-refractivity contribution in [3.8, 4) is 5.75 Å². The monoisotopic (exact) mass is 301 g/mol. The molecule has 2 aromatic carbocycles. The molecule has 0 atom stereocenters. The van der Waals surface area contributed by atoms with E-state index in [0.717, 1.165) is 0 Å². The number of anilines is 2. The Labute approximate surface area is 125 Å². The molecule has 0 fully saturated rings. The first kappa shape index (κ1) is 13.5. The first-order chi connectivity index (χ1) is 10.1. The van der Waals surface area contributed by atoms with E-state index in [1.165, 1.54) is 0 Å². The van der Waals surface area contributed by atoms with Crippen LogP contribution in [0.3, 0.4) is 0 Å². The molecule has 1 heterocycles. The zero-order valence-electron chi connectivity index (χ0n) is 11.2. The van der Waals surface area contributed by atoms with Crippen molar-refractivity contribution in [1.82, 2.24) is 9.97 Å². The number of rotatable bonds is 2. The summed E-state index contributed by atoms with van der Waals surface area (Å²) >= 11 is 5.89. The Morgan fingerprint density at radius 1 is 1.24 bits per heavy atom. The quantitative estimate of drug-likeness (QED) is 0.763. The molecule has 0 bridgehead atoms. The maximum atomic E-state index is 12.1. The van der Waals surface area contributed by atoms with Crippen molar-refractivity contribution in [2.75, 3.05) is 11.9 Å². The number of nitrogens with one attached hydrogen (secondary N) is 1. The predicted molar refractivity (Wildman–Crippen MR) is 83.5 cm³/mol. The highest BCUT2D eigenvalue weighted by Crippen LogP contribution is 2.29. The third kappa shape index (κ3) is 2.43. The molecule has 5 nitrogen and oxygen atoms in total. The van der Waals surface area contributed by atoms with E-state index in [4.69, 9.17) is 11.6 Å². The Balaban J connectivity index is 2.15. The highest BCUT2D eigenvalue weighted by molar-refractivity contribution is 6.31. The van der Waals surface area contributed by atoms with Gasteiger partial charge in [-0.05, 0) is 30.3 Å². The number of hydrogen-bond acceptors (Lipinski definition) is 4. The van der Waals surface area contributed by atoms with Crippen molar-refractivity contribution in [3.63, 3.8) is 0 Å². The minimum atomic E-state index is -0.278. The SMILES string of the molecule is CN(c1nc2ccc(Cl)cc2c(=O)[nH]1)c1ccccc1O. The molecule has 0 saturated carbocycles. The number of halogens is 1. The maximum Gasteiger partial charge on any atom is 0.260 e. The van der Waals surface area contributed by atoms with E-state index < -0.39 is 0 Å². The van der Waals surface area contributed by atoms with Crippen molar-refractivity contribution < 1.29 is 5.11 Å². The minimum Gasteiger partial charge on any atom is -0.506 e. The van der Waals surface area contributed by atoms with Gasteiger partial charge in [0.1, 0.15) is 5.75 Å². The largest absolute Gasteiger partial charge is 0.506 e. The van der Waals surface area contributed by atoms with Crippen LogP contribution < -0.4 is 10.5 Å². The highest BCUT2D eigenvalue weighted by atomic mass is 35.5. The number of phenolic OH excluding ortho intramolecular Hbond substituents is 1. The molecule has 0 aliphatic heterocycles. The third-order valence-electron chi connectivity index (χ3n) is 3.22. The molecule has 3 rings (SSSR count). The number of H-pyrrole nitrogens is 1. The van der Waals surface area contributed by atoms with Crippen molar-refractivity contribution in [2.45, 2.75) is 0 Å². The Morgan fingerprint density at radius 2 is 2.00 bits per heavy atom. The summed E-state index contributed by atoms with van der Waals surface area (Å²) in [6.45, 7) is 0. The summed E-state index contributed by atoms with van der Waals surface area (Å²) < 4.78 is 0. The van der Waals surface area contributed by atoms with E-state index in [9.17, 15) is 9.90 Å². The summed E-state index contributed by atoms with van der Waals surface area (Å²) in [7, 11) is 1.72. The summed E-state index contributed by atoms with van der Waals surface area (Å²) in [5.74, 6) is 0.454. The average molecular weight is 302 g/mol. The van der Waals surface area contributed by atoms with Crippen LogP contribution in [0.4, 0.5) is 11.6 Å². The van der Waals surface area contributed by atoms with Crippen LogP contribution in [0.5, 0.6) is 5.75 Å². The number of benzene rings is 2. The fourth-order valence-electron chi connectivity index (χ4n) is 2.12. The molecule has 0 radical (unpaired) electrons. The zero-order valence-corrected chi connectivity index (χ0v) is 11.9. The molecule has 0 spiro atoms. The smallest absolute Gasteiger partial charge is 0.260 e. The lowest BCUT2D eigenvalue weighted by molar-refractivity contribution is 0.476. The lowest BCUT2D eigenvalue weighted by Crippen LogP contribution is -2.18. The van der Waals surface area contributed by atoms with Crippen LogP contribution in [0.1, 0.15) is 0 Å². The van der Waals surface area contributed by atoms with Crippen LogP contribution in [0, 0.1) is 0 Å². The van der Waals surface area contributed by atoms with Crippen molar-refractivity contribution in [1.29, 1.82) is 0 Å². The first-order valence-electron chi connectivity index (χ1n) is 6.27. The second kappa shape index (κ2) is 5.10. The molecule has 0 saturated heterocycles. The topological polar surface area (TPSA) is 69.2 Å². The van der Waals surface area contributed by atoms with Gasteiger partial charge in [0.25, 0.3) is 5.56 Å². The standard InChI is InChI=1S/C15H12ClN3O2/c1-19(12-4-2-3-5-13(12)20)15-17-11-7-6-9(16)8-10(11)14(21)18-15/h2-8,20H,1H3,(H,17,18,21). The molecule has 0 aliphatic rings. The maximum absolute atomic E-state index is 12.1. The van der Waals surface area contributed by atoms with Gasteiger partial charge in [0, 0.05) is 12.1 Å². The van der Waals surface area contributed by atoms with Crippen LogP contribution in [0.2, 0.25) is 5.02 Å². The predicted octanol–water partition coefficient (Wildman–Crippen LogP) is 3.05. The van der Waals surface area contributed by atoms with Gasteiger partial charge in [-0.3, -0.25) is 9.78 Å².